The number of benzene rings is 1. The van der Waals surface area contributed by atoms with Crippen LogP contribution in [0.25, 0.3) is 12.3 Å². The number of nitrogens with zero attached hydrogens (tertiary/aromatic N) is 1. The lowest BCUT2D eigenvalue weighted by atomic mass is 10.1. The maximum atomic E-state index is 8.70. The standard InChI is InChI=1S/C11H8N2/c12-7-9-3-4-10-2-1-5-13-8-11(10)6-9/h1-6,8,13H. The summed E-state index contributed by atoms with van der Waals surface area (Å²) in [5.41, 5.74) is 0.687. The van der Waals surface area contributed by atoms with Crippen molar-refractivity contribution < 1.29 is 0 Å². The van der Waals surface area contributed by atoms with E-state index in [4.69, 9.17) is 5.26 Å². The molecule has 62 valence electrons. The van der Waals surface area contributed by atoms with Crippen LogP contribution in [-0.2, 0) is 0 Å². The highest BCUT2D eigenvalue weighted by atomic mass is 14.8. The Labute approximate surface area is 76.1 Å². The largest absolute Gasteiger partial charge is 0.367 e. The second kappa shape index (κ2) is 3.16. The molecule has 0 saturated carbocycles. The van der Waals surface area contributed by atoms with Crippen molar-refractivity contribution in [3.63, 3.8) is 0 Å². The summed E-state index contributed by atoms with van der Waals surface area (Å²) in [7, 11) is 0. The first-order valence-electron chi connectivity index (χ1n) is 4.03. The first-order chi connectivity index (χ1) is 6.40. The normalized spacial score (nSPS) is 12.5. The summed E-state index contributed by atoms with van der Waals surface area (Å²) in [6.45, 7) is 0. The summed E-state index contributed by atoms with van der Waals surface area (Å²) in [6, 6.07) is 7.75. The fraction of sp³-hybridized carbons (Fsp3) is 0. The van der Waals surface area contributed by atoms with E-state index in [0.717, 1.165) is 10.4 Å². The van der Waals surface area contributed by atoms with E-state index < -0.39 is 0 Å². The van der Waals surface area contributed by atoms with Crippen molar-refractivity contribution >= 4 is 12.3 Å². The molecule has 1 N–H and O–H groups in total. The number of fused-ring (bicyclic) bond motifs is 1. The summed E-state index contributed by atoms with van der Waals surface area (Å²) < 4.78 is 0. The third-order valence-corrected chi connectivity index (χ3v) is 1.92. The van der Waals surface area contributed by atoms with Crippen LogP contribution < -0.4 is 15.8 Å². The molecule has 2 heteroatoms. The molecule has 0 radical (unpaired) electrons. The van der Waals surface area contributed by atoms with Crippen LogP contribution in [0.1, 0.15) is 5.56 Å². The van der Waals surface area contributed by atoms with Crippen molar-refractivity contribution in [2.45, 2.75) is 0 Å². The molecular formula is C11H8N2. The lowest BCUT2D eigenvalue weighted by Gasteiger charge is -1.90. The van der Waals surface area contributed by atoms with Gasteiger partial charge in [-0.05, 0) is 28.6 Å². The van der Waals surface area contributed by atoms with Crippen LogP contribution in [0.5, 0.6) is 0 Å². The molecule has 0 fully saturated rings. The Hall–Kier alpha value is -2.01. The van der Waals surface area contributed by atoms with Gasteiger partial charge in [-0.25, -0.2) is 0 Å². The minimum atomic E-state index is 0.687. The summed E-state index contributed by atoms with van der Waals surface area (Å²) in [5, 5.41) is 13.9. The van der Waals surface area contributed by atoms with Gasteiger partial charge in [0.2, 0.25) is 0 Å². The monoisotopic (exact) mass is 168 g/mol. The van der Waals surface area contributed by atoms with Crippen LogP contribution in [0.4, 0.5) is 0 Å². The fourth-order valence-corrected chi connectivity index (χ4v) is 1.27. The van der Waals surface area contributed by atoms with Crippen molar-refractivity contribution in [3.05, 3.63) is 46.5 Å². The highest BCUT2D eigenvalue weighted by Gasteiger charge is 1.91. The van der Waals surface area contributed by atoms with Crippen molar-refractivity contribution in [1.29, 1.82) is 5.26 Å². The van der Waals surface area contributed by atoms with Crippen molar-refractivity contribution in [1.82, 2.24) is 5.32 Å². The van der Waals surface area contributed by atoms with Gasteiger partial charge >= 0.3 is 0 Å². The van der Waals surface area contributed by atoms with Gasteiger partial charge in [0, 0.05) is 12.4 Å². The molecule has 1 aromatic rings. The third-order valence-electron chi connectivity index (χ3n) is 1.92. The van der Waals surface area contributed by atoms with E-state index in [9.17, 15) is 0 Å². The molecule has 13 heavy (non-hydrogen) atoms. The summed E-state index contributed by atoms with van der Waals surface area (Å²) in [4.78, 5) is 0. The molecule has 0 spiro atoms. The molecule has 0 atom stereocenters. The smallest absolute Gasteiger partial charge is 0.0991 e. The first kappa shape index (κ1) is 7.63. The first-order valence-corrected chi connectivity index (χ1v) is 4.03. The average molecular weight is 168 g/mol. The van der Waals surface area contributed by atoms with Gasteiger partial charge in [-0.15, -0.1) is 0 Å². The van der Waals surface area contributed by atoms with Crippen LogP contribution >= 0.6 is 0 Å². The Balaban J connectivity index is 2.75. The van der Waals surface area contributed by atoms with Gasteiger partial charge in [0.05, 0.1) is 11.6 Å². The van der Waals surface area contributed by atoms with Gasteiger partial charge in [-0.2, -0.15) is 5.26 Å². The van der Waals surface area contributed by atoms with E-state index >= 15 is 0 Å². The summed E-state index contributed by atoms with van der Waals surface area (Å²) >= 11 is 0. The SMILES string of the molecule is N#Cc1ccc2c(c1)=CNC=CC=2. The molecule has 2 nitrogen and oxygen atoms in total. The van der Waals surface area contributed by atoms with E-state index in [1.807, 2.05) is 42.8 Å². The van der Waals surface area contributed by atoms with Gasteiger partial charge in [-0.3, -0.25) is 0 Å². The van der Waals surface area contributed by atoms with Gasteiger partial charge in [0.1, 0.15) is 0 Å². The average Bonchev–Trinajstić information content (AvgIpc) is 2.41. The summed E-state index contributed by atoms with van der Waals surface area (Å²) in [5.74, 6) is 0. The molecule has 0 aliphatic carbocycles. The van der Waals surface area contributed by atoms with Crippen LogP contribution in [-0.4, -0.2) is 0 Å². The Morgan fingerprint density at radius 3 is 3.00 bits per heavy atom. The molecule has 0 amide bonds. The Bertz CT molecular complexity index is 504. The van der Waals surface area contributed by atoms with Crippen LogP contribution in [0, 0.1) is 11.3 Å². The van der Waals surface area contributed by atoms with Crippen molar-refractivity contribution in [2.24, 2.45) is 0 Å². The van der Waals surface area contributed by atoms with Gasteiger partial charge in [0.15, 0.2) is 0 Å². The molecule has 1 aromatic carbocycles. The highest BCUT2D eigenvalue weighted by molar-refractivity contribution is 5.45. The van der Waals surface area contributed by atoms with Crippen molar-refractivity contribution in [3.8, 4) is 6.07 Å². The highest BCUT2D eigenvalue weighted by Crippen LogP contribution is 1.88. The molecule has 2 rings (SSSR count). The lowest BCUT2D eigenvalue weighted by molar-refractivity contribution is 1.28. The maximum Gasteiger partial charge on any atom is 0.0991 e. The Kier molecular flexibility index (Phi) is 1.85. The van der Waals surface area contributed by atoms with Gasteiger partial charge < -0.3 is 5.32 Å². The van der Waals surface area contributed by atoms with Crippen molar-refractivity contribution in [2.75, 3.05) is 0 Å². The molecule has 0 unspecified atom stereocenters. The molecular weight excluding hydrogens is 160 g/mol. The van der Waals surface area contributed by atoms with Crippen LogP contribution in [0.2, 0.25) is 0 Å². The number of nitriles is 1. The van der Waals surface area contributed by atoms with E-state index in [2.05, 4.69) is 11.4 Å². The number of rotatable bonds is 0. The zero-order chi connectivity index (χ0) is 9.10. The molecule has 1 aliphatic heterocycles. The minimum absolute atomic E-state index is 0.687. The maximum absolute atomic E-state index is 8.70. The lowest BCUT2D eigenvalue weighted by Crippen LogP contribution is -2.25. The van der Waals surface area contributed by atoms with Crippen LogP contribution in [0.15, 0.2) is 30.5 Å². The van der Waals surface area contributed by atoms with Gasteiger partial charge in [-0.1, -0.05) is 12.1 Å². The second-order valence-electron chi connectivity index (χ2n) is 2.79. The minimum Gasteiger partial charge on any atom is -0.367 e. The fourth-order valence-electron chi connectivity index (χ4n) is 1.27. The van der Waals surface area contributed by atoms with Gasteiger partial charge in [0.25, 0.3) is 0 Å². The van der Waals surface area contributed by atoms with E-state index in [1.165, 1.54) is 0 Å². The number of hydrogen-bond donors (Lipinski definition) is 1. The predicted molar refractivity (Wildman–Crippen MR) is 51.6 cm³/mol. The second-order valence-corrected chi connectivity index (χ2v) is 2.79. The molecule has 1 heterocycles. The Morgan fingerprint density at radius 1 is 1.23 bits per heavy atom. The quantitative estimate of drug-likeness (QED) is 0.600. The Morgan fingerprint density at radius 2 is 2.15 bits per heavy atom. The predicted octanol–water partition coefficient (Wildman–Crippen LogP) is 0.194. The van der Waals surface area contributed by atoms with E-state index in [0.29, 0.717) is 5.56 Å². The number of allylic oxidation sites excluding steroid dienone is 1. The van der Waals surface area contributed by atoms with E-state index in [-0.39, 0.29) is 0 Å². The molecule has 0 saturated heterocycles. The third kappa shape index (κ3) is 1.45. The number of hydrogen-bond acceptors (Lipinski definition) is 2. The van der Waals surface area contributed by atoms with E-state index in [1.54, 1.807) is 0 Å². The number of nitrogens with one attached hydrogen (secondary N) is 1. The zero-order valence-electron chi connectivity index (χ0n) is 6.99. The topological polar surface area (TPSA) is 35.8 Å². The summed E-state index contributed by atoms with van der Waals surface area (Å²) in [6.07, 6.45) is 7.68. The molecule has 0 aromatic heterocycles. The van der Waals surface area contributed by atoms with Crippen LogP contribution in [0.3, 0.4) is 0 Å². The molecule has 1 aliphatic rings. The zero-order valence-corrected chi connectivity index (χ0v) is 6.99. The molecule has 0 bridgehead atoms.